The molecule has 2 heterocycles. The lowest BCUT2D eigenvalue weighted by molar-refractivity contribution is -0.132. The molecule has 1 aliphatic heterocycles. The quantitative estimate of drug-likeness (QED) is 0.586. The van der Waals surface area contributed by atoms with Gasteiger partial charge in [0.1, 0.15) is 5.75 Å². The standard InChI is InChI=1S/C23H31N3O2S/c1-25(23(27)13-18-29-22-8-6-21(28-2)7-9-22)20-11-16-26(17-12-20)15-10-19-5-3-4-14-24-19/h3-9,14,20H,10-13,15-18H2,1-2H3. The van der Waals surface area contributed by atoms with Crippen molar-refractivity contribution < 1.29 is 9.53 Å². The molecule has 0 bridgehead atoms. The molecule has 156 valence electrons. The predicted molar refractivity (Wildman–Crippen MR) is 119 cm³/mol. The van der Waals surface area contributed by atoms with Crippen LogP contribution in [0.5, 0.6) is 5.75 Å². The molecule has 2 aromatic rings. The van der Waals surface area contributed by atoms with E-state index in [1.165, 1.54) is 4.90 Å². The van der Waals surface area contributed by atoms with E-state index in [9.17, 15) is 4.79 Å². The number of hydrogen-bond donors (Lipinski definition) is 0. The molecular weight excluding hydrogens is 382 g/mol. The molecule has 1 aromatic heterocycles. The Morgan fingerprint density at radius 2 is 1.97 bits per heavy atom. The van der Waals surface area contributed by atoms with Crippen molar-refractivity contribution in [2.24, 2.45) is 0 Å². The van der Waals surface area contributed by atoms with Crippen LogP contribution in [0.4, 0.5) is 0 Å². The molecule has 1 fully saturated rings. The van der Waals surface area contributed by atoms with E-state index in [0.29, 0.717) is 12.5 Å². The normalized spacial score (nSPS) is 15.2. The zero-order valence-electron chi connectivity index (χ0n) is 17.4. The number of amides is 1. The van der Waals surface area contributed by atoms with Gasteiger partial charge >= 0.3 is 0 Å². The van der Waals surface area contributed by atoms with Crippen LogP contribution in [0.2, 0.25) is 0 Å². The van der Waals surface area contributed by atoms with Crippen LogP contribution in [0.3, 0.4) is 0 Å². The lowest BCUT2D eigenvalue weighted by Crippen LogP contribution is -2.46. The lowest BCUT2D eigenvalue weighted by Gasteiger charge is -2.36. The van der Waals surface area contributed by atoms with Crippen LogP contribution < -0.4 is 4.74 Å². The Kier molecular flexibility index (Phi) is 8.38. The number of pyridine rings is 1. The van der Waals surface area contributed by atoms with Crippen molar-refractivity contribution >= 4 is 17.7 Å². The van der Waals surface area contributed by atoms with Gasteiger partial charge in [0.05, 0.1) is 7.11 Å². The van der Waals surface area contributed by atoms with E-state index in [4.69, 9.17) is 4.74 Å². The second kappa shape index (κ2) is 11.2. The average molecular weight is 414 g/mol. The van der Waals surface area contributed by atoms with E-state index in [1.54, 1.807) is 18.9 Å². The Hall–Kier alpha value is -2.05. The molecule has 0 aliphatic carbocycles. The molecule has 0 atom stereocenters. The minimum Gasteiger partial charge on any atom is -0.497 e. The molecular formula is C23H31N3O2S. The van der Waals surface area contributed by atoms with Gasteiger partial charge in [0.25, 0.3) is 0 Å². The van der Waals surface area contributed by atoms with Crippen molar-refractivity contribution in [2.45, 2.75) is 36.6 Å². The van der Waals surface area contributed by atoms with Crippen molar-refractivity contribution in [1.29, 1.82) is 0 Å². The minimum absolute atomic E-state index is 0.248. The maximum atomic E-state index is 12.6. The Labute approximate surface area is 178 Å². The largest absolute Gasteiger partial charge is 0.497 e. The summed E-state index contributed by atoms with van der Waals surface area (Å²) in [7, 11) is 3.64. The van der Waals surface area contributed by atoms with Crippen LogP contribution in [0.25, 0.3) is 0 Å². The third-order valence-electron chi connectivity index (χ3n) is 5.55. The van der Waals surface area contributed by atoms with Crippen LogP contribution in [-0.4, -0.2) is 66.3 Å². The molecule has 1 saturated heterocycles. The first-order valence-electron chi connectivity index (χ1n) is 10.3. The van der Waals surface area contributed by atoms with Gasteiger partial charge in [-0.15, -0.1) is 11.8 Å². The number of carbonyl (C=O) groups is 1. The fourth-order valence-corrected chi connectivity index (χ4v) is 4.50. The van der Waals surface area contributed by atoms with Gasteiger partial charge in [-0.05, 0) is 49.2 Å². The maximum absolute atomic E-state index is 12.6. The van der Waals surface area contributed by atoms with Gasteiger partial charge in [-0.2, -0.15) is 0 Å². The van der Waals surface area contributed by atoms with Crippen LogP contribution in [0.1, 0.15) is 25.0 Å². The summed E-state index contributed by atoms with van der Waals surface area (Å²) < 4.78 is 5.18. The first kappa shape index (κ1) is 21.7. The monoisotopic (exact) mass is 413 g/mol. The summed E-state index contributed by atoms with van der Waals surface area (Å²) in [5, 5.41) is 0. The van der Waals surface area contributed by atoms with E-state index in [1.807, 2.05) is 54.5 Å². The van der Waals surface area contributed by atoms with Crippen LogP contribution in [0, 0.1) is 0 Å². The molecule has 5 nitrogen and oxygen atoms in total. The van der Waals surface area contributed by atoms with Gasteiger partial charge < -0.3 is 14.5 Å². The van der Waals surface area contributed by atoms with Crippen molar-refractivity contribution in [1.82, 2.24) is 14.8 Å². The Morgan fingerprint density at radius 3 is 2.62 bits per heavy atom. The summed E-state index contributed by atoms with van der Waals surface area (Å²) in [5.74, 6) is 1.91. The van der Waals surface area contributed by atoms with Gasteiger partial charge in [-0.3, -0.25) is 9.78 Å². The van der Waals surface area contributed by atoms with Gasteiger partial charge in [-0.25, -0.2) is 0 Å². The second-order valence-corrected chi connectivity index (χ2v) is 8.59. The topological polar surface area (TPSA) is 45.7 Å². The first-order chi connectivity index (χ1) is 14.2. The highest BCUT2D eigenvalue weighted by molar-refractivity contribution is 7.99. The third kappa shape index (κ3) is 6.75. The summed E-state index contributed by atoms with van der Waals surface area (Å²) in [6.07, 6.45) is 5.52. The first-order valence-corrected chi connectivity index (χ1v) is 11.3. The number of ether oxygens (including phenoxy) is 1. The van der Waals surface area contributed by atoms with Crippen molar-refractivity contribution in [3.05, 3.63) is 54.4 Å². The number of thioether (sulfide) groups is 1. The zero-order valence-corrected chi connectivity index (χ0v) is 18.2. The van der Waals surface area contributed by atoms with Crippen molar-refractivity contribution in [3.63, 3.8) is 0 Å². The molecule has 3 rings (SSSR count). The number of piperidine rings is 1. The summed E-state index contributed by atoms with van der Waals surface area (Å²) in [6.45, 7) is 3.14. The summed E-state index contributed by atoms with van der Waals surface area (Å²) in [5.41, 5.74) is 1.15. The predicted octanol–water partition coefficient (Wildman–Crippen LogP) is 3.74. The van der Waals surface area contributed by atoms with Gasteiger partial charge in [0.2, 0.25) is 5.91 Å². The molecule has 0 radical (unpaired) electrons. The van der Waals surface area contributed by atoms with E-state index in [-0.39, 0.29) is 5.91 Å². The van der Waals surface area contributed by atoms with Gasteiger partial charge in [0, 0.05) is 68.1 Å². The number of nitrogens with zero attached hydrogens (tertiary/aromatic N) is 3. The number of benzene rings is 1. The highest BCUT2D eigenvalue weighted by Gasteiger charge is 2.25. The molecule has 6 heteroatoms. The molecule has 29 heavy (non-hydrogen) atoms. The molecule has 0 spiro atoms. The smallest absolute Gasteiger partial charge is 0.223 e. The van der Waals surface area contributed by atoms with Crippen LogP contribution in [0.15, 0.2) is 53.6 Å². The third-order valence-corrected chi connectivity index (χ3v) is 6.57. The molecule has 1 aliphatic rings. The summed E-state index contributed by atoms with van der Waals surface area (Å²) in [4.78, 5) is 22.6. The van der Waals surface area contributed by atoms with Gasteiger partial charge in [-0.1, -0.05) is 6.07 Å². The number of methoxy groups -OCH3 is 1. The molecule has 1 aromatic carbocycles. The van der Waals surface area contributed by atoms with Crippen LogP contribution >= 0.6 is 11.8 Å². The van der Waals surface area contributed by atoms with E-state index >= 15 is 0 Å². The number of aromatic nitrogens is 1. The highest BCUT2D eigenvalue weighted by atomic mass is 32.2. The fraction of sp³-hybridized carbons (Fsp3) is 0.478. The van der Waals surface area contributed by atoms with Gasteiger partial charge in [0.15, 0.2) is 0 Å². The van der Waals surface area contributed by atoms with Crippen LogP contribution in [-0.2, 0) is 11.2 Å². The number of likely N-dealkylation sites (tertiary alicyclic amines) is 1. The molecule has 0 unspecified atom stereocenters. The van der Waals surface area contributed by atoms with Crippen molar-refractivity contribution in [3.8, 4) is 5.75 Å². The summed E-state index contributed by atoms with van der Waals surface area (Å²) in [6, 6.07) is 14.4. The lowest BCUT2D eigenvalue weighted by atomic mass is 10.0. The maximum Gasteiger partial charge on any atom is 0.223 e. The molecule has 0 N–H and O–H groups in total. The Morgan fingerprint density at radius 1 is 1.21 bits per heavy atom. The Bertz CT molecular complexity index is 746. The number of rotatable bonds is 9. The average Bonchev–Trinajstić information content (AvgIpc) is 2.78. The molecule has 1 amide bonds. The Balaban J connectivity index is 1.34. The minimum atomic E-state index is 0.248. The second-order valence-electron chi connectivity index (χ2n) is 7.42. The highest BCUT2D eigenvalue weighted by Crippen LogP contribution is 2.23. The fourth-order valence-electron chi connectivity index (χ4n) is 3.66. The van der Waals surface area contributed by atoms with E-state index in [2.05, 4.69) is 16.0 Å². The number of hydrogen-bond acceptors (Lipinski definition) is 5. The zero-order chi connectivity index (χ0) is 20.5. The van der Waals surface area contributed by atoms with Crippen molar-refractivity contribution in [2.75, 3.05) is 39.5 Å². The van der Waals surface area contributed by atoms with E-state index in [0.717, 1.165) is 56.1 Å². The molecule has 0 saturated carbocycles. The number of carbonyl (C=O) groups excluding carboxylic acids is 1. The van der Waals surface area contributed by atoms with E-state index < -0.39 is 0 Å². The SMILES string of the molecule is COc1ccc(SCCC(=O)N(C)C2CCN(CCc3ccccn3)CC2)cc1. The summed E-state index contributed by atoms with van der Waals surface area (Å²) >= 11 is 1.72.